The van der Waals surface area contributed by atoms with Crippen LogP contribution in [0.4, 0.5) is 0 Å². The van der Waals surface area contributed by atoms with E-state index in [0.717, 1.165) is 0 Å². The van der Waals surface area contributed by atoms with E-state index >= 15 is 0 Å². The van der Waals surface area contributed by atoms with Gasteiger partial charge in [0.05, 0.1) is 25.4 Å². The highest BCUT2D eigenvalue weighted by atomic mass is 16.6. The Morgan fingerprint density at radius 3 is 1.54 bits per heavy atom. The summed E-state index contributed by atoms with van der Waals surface area (Å²) >= 11 is 0. The van der Waals surface area contributed by atoms with Crippen molar-refractivity contribution in [1.29, 1.82) is 0 Å². The highest BCUT2D eigenvalue weighted by molar-refractivity contribution is 5.20. The molecule has 6 unspecified atom stereocenters. The molecular formula is C15H25NO8. The van der Waals surface area contributed by atoms with Gasteiger partial charge in [0.1, 0.15) is 12.2 Å². The second-order valence-electron chi connectivity index (χ2n) is 5.44. The zero-order chi connectivity index (χ0) is 18.3. The van der Waals surface area contributed by atoms with Crippen molar-refractivity contribution in [2.45, 2.75) is 50.8 Å². The topological polar surface area (TPSA) is 153 Å². The van der Waals surface area contributed by atoms with Gasteiger partial charge in [0.25, 0.3) is 0 Å². The third kappa shape index (κ3) is 6.04. The number of nitrogens with zero attached hydrogens (tertiary/aromatic N) is 1. The van der Waals surface area contributed by atoms with Crippen LogP contribution in [0.15, 0.2) is 18.5 Å². The van der Waals surface area contributed by atoms with E-state index in [1.54, 1.807) is 0 Å². The summed E-state index contributed by atoms with van der Waals surface area (Å²) in [6, 6.07) is 1.39. The van der Waals surface area contributed by atoms with Crippen molar-refractivity contribution in [1.82, 2.24) is 4.98 Å². The summed E-state index contributed by atoms with van der Waals surface area (Å²) in [6.07, 6.45) is -4.18. The van der Waals surface area contributed by atoms with E-state index in [4.69, 9.17) is 19.7 Å². The molecule has 0 aliphatic rings. The second-order valence-corrected chi connectivity index (χ2v) is 5.44. The Hall–Kier alpha value is -1.17. The molecule has 9 nitrogen and oxygen atoms in total. The van der Waals surface area contributed by atoms with Crippen molar-refractivity contribution >= 4 is 0 Å². The fourth-order valence-electron chi connectivity index (χ4n) is 1.79. The average Bonchev–Trinajstić information content (AvgIpc) is 2.59. The summed E-state index contributed by atoms with van der Waals surface area (Å²) < 4.78 is 10.3. The van der Waals surface area contributed by atoms with Gasteiger partial charge in [0.15, 0.2) is 12.6 Å². The highest BCUT2D eigenvalue weighted by Gasteiger charge is 2.22. The van der Waals surface area contributed by atoms with Gasteiger partial charge >= 0.3 is 0 Å². The van der Waals surface area contributed by atoms with Crippen LogP contribution in [0.2, 0.25) is 0 Å². The van der Waals surface area contributed by atoms with Gasteiger partial charge in [-0.1, -0.05) is 0 Å². The maximum Gasteiger partial charge on any atom is 0.183 e. The molecule has 1 aromatic rings. The molecule has 1 rings (SSSR count). The maximum atomic E-state index is 10.00. The van der Waals surface area contributed by atoms with Crippen LogP contribution in [-0.4, -0.2) is 73.3 Å². The van der Waals surface area contributed by atoms with E-state index in [1.165, 1.54) is 32.3 Å². The van der Waals surface area contributed by atoms with Crippen LogP contribution in [0.1, 0.15) is 37.6 Å². The van der Waals surface area contributed by atoms with Gasteiger partial charge < -0.3 is 40.1 Å². The van der Waals surface area contributed by atoms with Crippen molar-refractivity contribution in [3.63, 3.8) is 0 Å². The zero-order valence-electron chi connectivity index (χ0n) is 13.6. The van der Waals surface area contributed by atoms with E-state index in [9.17, 15) is 20.4 Å². The molecule has 0 saturated carbocycles. The van der Waals surface area contributed by atoms with E-state index in [0.29, 0.717) is 0 Å². The number of aliphatic hydroxyl groups excluding tert-OH is 6. The van der Waals surface area contributed by atoms with Crippen LogP contribution >= 0.6 is 0 Å². The van der Waals surface area contributed by atoms with Crippen LogP contribution in [0.25, 0.3) is 0 Å². The molecular weight excluding hydrogens is 322 g/mol. The van der Waals surface area contributed by atoms with Gasteiger partial charge in [0.2, 0.25) is 0 Å². The first-order chi connectivity index (χ1) is 11.3. The van der Waals surface area contributed by atoms with Crippen molar-refractivity contribution in [2.75, 3.05) is 13.2 Å². The van der Waals surface area contributed by atoms with Crippen molar-refractivity contribution < 1.29 is 40.1 Å². The van der Waals surface area contributed by atoms with Crippen LogP contribution in [0.5, 0.6) is 0 Å². The van der Waals surface area contributed by atoms with Crippen LogP contribution < -0.4 is 0 Å². The third-order valence-corrected chi connectivity index (χ3v) is 3.50. The number of rotatable bonds is 10. The molecule has 0 aliphatic carbocycles. The van der Waals surface area contributed by atoms with Crippen molar-refractivity contribution in [3.05, 3.63) is 29.6 Å². The molecule has 1 heterocycles. The summed E-state index contributed by atoms with van der Waals surface area (Å²) in [5.41, 5.74) is 0.421. The Morgan fingerprint density at radius 2 is 1.21 bits per heavy atom. The van der Waals surface area contributed by atoms with E-state index in [-0.39, 0.29) is 11.1 Å². The summed E-state index contributed by atoms with van der Waals surface area (Å²) in [5, 5.41) is 56.6. The lowest BCUT2D eigenvalue weighted by molar-refractivity contribution is -0.170. The Balaban J connectivity index is 2.75. The molecule has 0 aromatic carbocycles. The normalized spacial score (nSPS) is 19.3. The first-order valence-corrected chi connectivity index (χ1v) is 7.49. The van der Waals surface area contributed by atoms with Gasteiger partial charge in [-0.25, -0.2) is 0 Å². The van der Waals surface area contributed by atoms with Crippen LogP contribution in [0.3, 0.4) is 0 Å². The average molecular weight is 347 g/mol. The number of aromatic nitrogens is 1. The molecule has 24 heavy (non-hydrogen) atoms. The number of pyridine rings is 1. The zero-order valence-corrected chi connectivity index (χ0v) is 13.6. The molecule has 0 aliphatic heterocycles. The highest BCUT2D eigenvalue weighted by Crippen LogP contribution is 2.22. The van der Waals surface area contributed by atoms with E-state index in [1.807, 2.05) is 0 Å². The minimum absolute atomic E-state index is 0.211. The minimum Gasteiger partial charge on any atom is -0.394 e. The Morgan fingerprint density at radius 1 is 0.833 bits per heavy atom. The van der Waals surface area contributed by atoms with Gasteiger partial charge in [-0.2, -0.15) is 0 Å². The smallest absolute Gasteiger partial charge is 0.183 e. The predicted molar refractivity (Wildman–Crippen MR) is 81.4 cm³/mol. The Kier molecular flexibility index (Phi) is 8.67. The molecule has 0 radical (unpaired) electrons. The number of aliphatic hydroxyl groups is 6. The molecule has 0 amide bonds. The second kappa shape index (κ2) is 9.97. The Bertz CT molecular complexity index is 449. The quantitative estimate of drug-likeness (QED) is 0.280. The lowest BCUT2D eigenvalue weighted by Crippen LogP contribution is -2.31. The van der Waals surface area contributed by atoms with E-state index in [2.05, 4.69) is 4.98 Å². The molecule has 9 heteroatoms. The molecule has 0 spiro atoms. The van der Waals surface area contributed by atoms with Gasteiger partial charge in [-0.15, -0.1) is 0 Å². The lowest BCUT2D eigenvalue weighted by atomic mass is 10.1. The monoisotopic (exact) mass is 347 g/mol. The molecule has 0 saturated heterocycles. The fraction of sp³-hybridized carbons (Fsp3) is 0.667. The van der Waals surface area contributed by atoms with Crippen molar-refractivity contribution in [2.24, 2.45) is 0 Å². The first kappa shape index (κ1) is 20.9. The summed E-state index contributed by atoms with van der Waals surface area (Å²) in [7, 11) is 0. The summed E-state index contributed by atoms with van der Waals surface area (Å²) in [5.74, 6) is 0. The predicted octanol–water partition coefficient (Wildman–Crippen LogP) is -1.42. The summed E-state index contributed by atoms with van der Waals surface area (Å²) in [4.78, 5) is 3.87. The largest absolute Gasteiger partial charge is 0.394 e. The maximum absolute atomic E-state index is 10.00. The molecule has 0 fully saturated rings. The van der Waals surface area contributed by atoms with Gasteiger partial charge in [-0.3, -0.25) is 4.98 Å². The molecule has 6 N–H and O–H groups in total. The minimum atomic E-state index is -1.43. The molecule has 0 bridgehead atoms. The standard InChI is InChI=1S/C15H25NO8/c1-8(12(19)6-17)23-14(21)10-3-11(5-16-4-10)15(22)24-9(2)13(20)7-18/h3-5,8-9,12-15,17-22H,6-7H2,1-2H3. The number of hydrogen-bond acceptors (Lipinski definition) is 9. The van der Waals surface area contributed by atoms with Gasteiger partial charge in [-0.05, 0) is 19.9 Å². The number of hydrogen-bond donors (Lipinski definition) is 6. The molecule has 1 aromatic heterocycles. The fourth-order valence-corrected chi connectivity index (χ4v) is 1.79. The van der Waals surface area contributed by atoms with Crippen LogP contribution in [0, 0.1) is 0 Å². The van der Waals surface area contributed by atoms with Crippen LogP contribution in [-0.2, 0) is 9.47 Å². The van der Waals surface area contributed by atoms with Crippen molar-refractivity contribution in [3.8, 4) is 0 Å². The number of ether oxygens (including phenoxy) is 2. The summed E-state index contributed by atoms with van der Waals surface area (Å²) in [6.45, 7) is 1.95. The van der Waals surface area contributed by atoms with Gasteiger partial charge in [0, 0.05) is 23.5 Å². The first-order valence-electron chi connectivity index (χ1n) is 7.49. The Labute approximate surface area is 139 Å². The molecule has 138 valence electrons. The molecule has 6 atom stereocenters. The third-order valence-electron chi connectivity index (χ3n) is 3.50. The SMILES string of the molecule is CC(OC(O)c1cncc(C(O)OC(C)C(O)CO)c1)C(O)CO. The lowest BCUT2D eigenvalue weighted by Gasteiger charge is -2.23. The van der Waals surface area contributed by atoms with E-state index < -0.39 is 50.2 Å².